The molecule has 0 aliphatic carbocycles. The summed E-state index contributed by atoms with van der Waals surface area (Å²) in [5.41, 5.74) is 6.84. The van der Waals surface area contributed by atoms with E-state index in [0.717, 1.165) is 35.7 Å². The predicted octanol–water partition coefficient (Wildman–Crippen LogP) is 1.76. The zero-order valence-corrected chi connectivity index (χ0v) is 15.1. The molecule has 2 heterocycles. The van der Waals surface area contributed by atoms with Gasteiger partial charge in [-0.1, -0.05) is 0 Å². The Morgan fingerprint density at radius 3 is 2.85 bits per heavy atom. The lowest BCUT2D eigenvalue weighted by Crippen LogP contribution is -2.45. The Labute approximate surface area is 155 Å². The molecule has 1 saturated heterocycles. The SMILES string of the molecule is NC(=O)CN1CCC[C@@H](C(=O)NCc2nc(-c3ccc(F)cc3)cs2)C1. The number of hydrogen-bond acceptors (Lipinski definition) is 5. The van der Waals surface area contributed by atoms with Gasteiger partial charge in [0.15, 0.2) is 0 Å². The van der Waals surface area contributed by atoms with E-state index in [1.54, 1.807) is 12.1 Å². The van der Waals surface area contributed by atoms with Gasteiger partial charge in [-0.15, -0.1) is 11.3 Å². The van der Waals surface area contributed by atoms with Crippen LogP contribution in [-0.2, 0) is 16.1 Å². The first-order valence-electron chi connectivity index (χ1n) is 8.50. The molecule has 0 spiro atoms. The quantitative estimate of drug-likeness (QED) is 0.804. The van der Waals surface area contributed by atoms with Crippen molar-refractivity contribution in [2.24, 2.45) is 11.7 Å². The van der Waals surface area contributed by atoms with Gasteiger partial charge in [-0.3, -0.25) is 14.5 Å². The van der Waals surface area contributed by atoms with Gasteiger partial charge in [0.1, 0.15) is 10.8 Å². The highest BCUT2D eigenvalue weighted by molar-refractivity contribution is 7.09. The summed E-state index contributed by atoms with van der Waals surface area (Å²) in [5, 5.41) is 5.61. The van der Waals surface area contributed by atoms with E-state index >= 15 is 0 Å². The number of benzene rings is 1. The van der Waals surface area contributed by atoms with E-state index in [9.17, 15) is 14.0 Å². The zero-order valence-electron chi connectivity index (χ0n) is 14.3. The van der Waals surface area contributed by atoms with Gasteiger partial charge in [0, 0.05) is 17.5 Å². The van der Waals surface area contributed by atoms with E-state index in [4.69, 9.17) is 5.73 Å². The number of carbonyl (C=O) groups is 2. The minimum Gasteiger partial charge on any atom is -0.369 e. The number of likely N-dealkylation sites (tertiary alicyclic amines) is 1. The number of hydrogen-bond donors (Lipinski definition) is 2. The summed E-state index contributed by atoms with van der Waals surface area (Å²) in [4.78, 5) is 29.9. The summed E-state index contributed by atoms with van der Waals surface area (Å²) in [7, 11) is 0. The number of amides is 2. The highest BCUT2D eigenvalue weighted by Gasteiger charge is 2.26. The van der Waals surface area contributed by atoms with Crippen molar-refractivity contribution >= 4 is 23.2 Å². The number of nitrogens with one attached hydrogen (secondary N) is 1. The number of rotatable bonds is 6. The van der Waals surface area contributed by atoms with Crippen LogP contribution in [0.15, 0.2) is 29.6 Å². The summed E-state index contributed by atoms with van der Waals surface area (Å²) in [5.74, 6) is -0.825. The molecule has 138 valence electrons. The highest BCUT2D eigenvalue weighted by Crippen LogP contribution is 2.22. The van der Waals surface area contributed by atoms with Gasteiger partial charge in [0.25, 0.3) is 0 Å². The second-order valence-corrected chi connectivity index (χ2v) is 7.33. The van der Waals surface area contributed by atoms with Gasteiger partial charge < -0.3 is 11.1 Å². The molecule has 6 nitrogen and oxygen atoms in total. The number of nitrogens with two attached hydrogens (primary N) is 1. The topological polar surface area (TPSA) is 88.3 Å². The molecule has 0 unspecified atom stereocenters. The van der Waals surface area contributed by atoms with Crippen molar-refractivity contribution in [3.63, 3.8) is 0 Å². The van der Waals surface area contributed by atoms with E-state index in [1.165, 1.54) is 23.5 Å². The fourth-order valence-electron chi connectivity index (χ4n) is 3.09. The number of nitrogens with zero attached hydrogens (tertiary/aromatic N) is 2. The summed E-state index contributed by atoms with van der Waals surface area (Å²) in [6.45, 7) is 1.89. The Morgan fingerprint density at radius 1 is 1.35 bits per heavy atom. The smallest absolute Gasteiger partial charge is 0.231 e. The van der Waals surface area contributed by atoms with Crippen LogP contribution in [0.1, 0.15) is 17.8 Å². The molecular formula is C18H21FN4O2S. The van der Waals surface area contributed by atoms with Crippen LogP contribution in [0, 0.1) is 11.7 Å². The molecule has 1 aromatic carbocycles. The maximum atomic E-state index is 13.0. The van der Waals surface area contributed by atoms with Gasteiger partial charge in [-0.05, 0) is 43.7 Å². The van der Waals surface area contributed by atoms with E-state index in [1.807, 2.05) is 10.3 Å². The first-order chi connectivity index (χ1) is 12.5. The monoisotopic (exact) mass is 376 g/mol. The van der Waals surface area contributed by atoms with Crippen LogP contribution < -0.4 is 11.1 Å². The zero-order chi connectivity index (χ0) is 18.5. The Balaban J connectivity index is 1.53. The number of thiazole rings is 1. The molecule has 2 amide bonds. The molecule has 3 rings (SSSR count). The van der Waals surface area contributed by atoms with Crippen LogP contribution in [-0.4, -0.2) is 41.3 Å². The molecule has 1 aliphatic rings. The molecule has 1 atom stereocenters. The Bertz CT molecular complexity index is 778. The molecule has 0 bridgehead atoms. The number of primary amides is 1. The van der Waals surface area contributed by atoms with Crippen molar-refractivity contribution in [1.82, 2.24) is 15.2 Å². The second-order valence-electron chi connectivity index (χ2n) is 6.39. The largest absolute Gasteiger partial charge is 0.369 e. The lowest BCUT2D eigenvalue weighted by Gasteiger charge is -2.30. The van der Waals surface area contributed by atoms with Crippen LogP contribution in [0.5, 0.6) is 0 Å². The van der Waals surface area contributed by atoms with Crippen molar-refractivity contribution in [2.75, 3.05) is 19.6 Å². The van der Waals surface area contributed by atoms with Crippen molar-refractivity contribution in [3.05, 3.63) is 40.5 Å². The molecule has 3 N–H and O–H groups in total. The number of aromatic nitrogens is 1. The standard InChI is InChI=1S/C18H21FN4O2S/c19-14-5-3-12(4-6-14)15-11-26-17(22-15)8-21-18(25)13-2-1-7-23(9-13)10-16(20)24/h3-6,11,13H,1-2,7-10H2,(H2,20,24)(H,21,25)/t13-/m1/s1. The normalized spacial score (nSPS) is 17.8. The summed E-state index contributed by atoms with van der Waals surface area (Å²) in [6.07, 6.45) is 1.68. The summed E-state index contributed by atoms with van der Waals surface area (Å²) >= 11 is 1.46. The van der Waals surface area contributed by atoms with Crippen LogP contribution in [0.4, 0.5) is 4.39 Å². The summed E-state index contributed by atoms with van der Waals surface area (Å²) < 4.78 is 13.0. The fraction of sp³-hybridized carbons (Fsp3) is 0.389. The van der Waals surface area contributed by atoms with E-state index in [2.05, 4.69) is 10.3 Å². The van der Waals surface area contributed by atoms with Gasteiger partial charge >= 0.3 is 0 Å². The van der Waals surface area contributed by atoms with E-state index < -0.39 is 0 Å². The molecule has 26 heavy (non-hydrogen) atoms. The highest BCUT2D eigenvalue weighted by atomic mass is 32.1. The third-order valence-electron chi connectivity index (χ3n) is 4.36. The van der Waals surface area contributed by atoms with E-state index in [-0.39, 0.29) is 30.1 Å². The number of halogens is 1. The van der Waals surface area contributed by atoms with Crippen LogP contribution in [0.2, 0.25) is 0 Å². The van der Waals surface area contributed by atoms with E-state index in [0.29, 0.717) is 13.1 Å². The summed E-state index contributed by atoms with van der Waals surface area (Å²) in [6, 6.07) is 6.16. The first-order valence-corrected chi connectivity index (χ1v) is 9.38. The average molecular weight is 376 g/mol. The average Bonchev–Trinajstić information content (AvgIpc) is 3.09. The molecule has 8 heteroatoms. The number of carbonyl (C=O) groups excluding carboxylic acids is 2. The lowest BCUT2D eigenvalue weighted by atomic mass is 9.97. The Morgan fingerprint density at radius 2 is 2.12 bits per heavy atom. The predicted molar refractivity (Wildman–Crippen MR) is 97.7 cm³/mol. The van der Waals surface area contributed by atoms with Crippen LogP contribution in [0.3, 0.4) is 0 Å². The maximum absolute atomic E-state index is 13.0. The lowest BCUT2D eigenvalue weighted by molar-refractivity contribution is -0.128. The van der Waals surface area contributed by atoms with Gasteiger partial charge in [-0.25, -0.2) is 9.37 Å². The van der Waals surface area contributed by atoms with Crippen molar-refractivity contribution in [3.8, 4) is 11.3 Å². The molecule has 1 aromatic heterocycles. The maximum Gasteiger partial charge on any atom is 0.231 e. The second kappa shape index (κ2) is 8.37. The van der Waals surface area contributed by atoms with Crippen molar-refractivity contribution in [1.29, 1.82) is 0 Å². The minimum absolute atomic E-state index is 0.0299. The minimum atomic E-state index is -0.373. The molecule has 0 saturated carbocycles. The Hall–Kier alpha value is -2.32. The van der Waals surface area contributed by atoms with Crippen molar-refractivity contribution < 1.29 is 14.0 Å². The van der Waals surface area contributed by atoms with Gasteiger partial charge in [-0.2, -0.15) is 0 Å². The van der Waals surface area contributed by atoms with Crippen LogP contribution >= 0.6 is 11.3 Å². The molecule has 0 radical (unpaired) electrons. The Kier molecular flexibility index (Phi) is 5.95. The fourth-order valence-corrected chi connectivity index (χ4v) is 3.83. The van der Waals surface area contributed by atoms with Crippen LogP contribution in [0.25, 0.3) is 11.3 Å². The number of piperidine rings is 1. The molecule has 1 aliphatic heterocycles. The first kappa shape index (κ1) is 18.5. The molecule has 1 fully saturated rings. The molecule has 2 aromatic rings. The molecular weight excluding hydrogens is 355 g/mol. The van der Waals surface area contributed by atoms with Gasteiger partial charge in [0.05, 0.1) is 24.7 Å². The van der Waals surface area contributed by atoms with Gasteiger partial charge in [0.2, 0.25) is 11.8 Å². The third kappa shape index (κ3) is 4.86. The van der Waals surface area contributed by atoms with Crippen molar-refractivity contribution in [2.45, 2.75) is 19.4 Å². The third-order valence-corrected chi connectivity index (χ3v) is 5.21.